The van der Waals surface area contributed by atoms with Gasteiger partial charge in [0.05, 0.1) is 0 Å². The second-order valence-electron chi connectivity index (χ2n) is 4.97. The molecule has 1 saturated heterocycles. The fraction of sp³-hybridized carbons (Fsp3) is 1.00. The van der Waals surface area contributed by atoms with Crippen LogP contribution in [0.3, 0.4) is 0 Å². The number of likely N-dealkylation sites (N-methyl/N-ethyl adjacent to an activating group) is 1. The van der Waals surface area contributed by atoms with E-state index in [4.69, 9.17) is 5.73 Å². The Bertz CT molecular complexity index is 191. The summed E-state index contributed by atoms with van der Waals surface area (Å²) in [6.45, 7) is 6.77. The topological polar surface area (TPSA) is 32.5 Å². The summed E-state index contributed by atoms with van der Waals surface area (Å²) in [5.74, 6) is 0.913. The van der Waals surface area contributed by atoms with Crippen LogP contribution in [-0.4, -0.2) is 55.1 Å². The van der Waals surface area contributed by atoms with E-state index in [9.17, 15) is 0 Å². The van der Waals surface area contributed by atoms with E-state index >= 15 is 0 Å². The molecule has 1 aliphatic heterocycles. The molecule has 2 N–H and O–H groups in total. The number of piperazine rings is 1. The van der Waals surface area contributed by atoms with Crippen LogP contribution in [0.25, 0.3) is 0 Å². The Balaban J connectivity index is 1.90. The molecule has 82 valence electrons. The second-order valence-corrected chi connectivity index (χ2v) is 4.97. The Morgan fingerprint density at radius 3 is 2.57 bits per heavy atom. The molecule has 14 heavy (non-hydrogen) atoms. The number of nitrogens with two attached hydrogens (primary N) is 1. The van der Waals surface area contributed by atoms with Crippen LogP contribution in [0.5, 0.6) is 0 Å². The average Bonchev–Trinajstić information content (AvgIpc) is 2.96. The molecule has 0 aromatic rings. The largest absolute Gasteiger partial charge is 0.329 e. The molecule has 0 radical (unpaired) electrons. The van der Waals surface area contributed by atoms with Crippen LogP contribution in [0.1, 0.15) is 19.8 Å². The van der Waals surface area contributed by atoms with Crippen molar-refractivity contribution in [1.82, 2.24) is 9.80 Å². The molecular formula is C11H23N3. The molecule has 3 nitrogen and oxygen atoms in total. The van der Waals surface area contributed by atoms with Gasteiger partial charge >= 0.3 is 0 Å². The summed E-state index contributed by atoms with van der Waals surface area (Å²) >= 11 is 0. The number of hydrogen-bond donors (Lipinski definition) is 1. The molecule has 1 saturated carbocycles. The Labute approximate surface area is 87.2 Å². The highest BCUT2D eigenvalue weighted by Crippen LogP contribution is 2.35. The van der Waals surface area contributed by atoms with Gasteiger partial charge in [-0.2, -0.15) is 0 Å². The lowest BCUT2D eigenvalue weighted by Gasteiger charge is -2.41. The minimum atomic E-state index is 0.672. The van der Waals surface area contributed by atoms with Crippen molar-refractivity contribution in [2.75, 3.05) is 33.2 Å². The summed E-state index contributed by atoms with van der Waals surface area (Å²) in [5.41, 5.74) is 5.87. The predicted molar refractivity (Wildman–Crippen MR) is 59.2 cm³/mol. The highest BCUT2D eigenvalue weighted by atomic mass is 15.3. The molecule has 2 aliphatic rings. The minimum absolute atomic E-state index is 0.672. The molecule has 0 aromatic heterocycles. The molecule has 2 rings (SSSR count). The van der Waals surface area contributed by atoms with Crippen molar-refractivity contribution in [2.24, 2.45) is 11.7 Å². The summed E-state index contributed by atoms with van der Waals surface area (Å²) < 4.78 is 0. The summed E-state index contributed by atoms with van der Waals surface area (Å²) in [5, 5.41) is 0. The first-order valence-corrected chi connectivity index (χ1v) is 5.86. The molecular weight excluding hydrogens is 174 g/mol. The zero-order chi connectivity index (χ0) is 10.1. The molecule has 0 amide bonds. The molecule has 3 heteroatoms. The Kier molecular flexibility index (Phi) is 3.10. The number of hydrogen-bond acceptors (Lipinski definition) is 3. The molecule has 2 atom stereocenters. The highest BCUT2D eigenvalue weighted by Gasteiger charge is 2.36. The predicted octanol–water partition coefficient (Wildman–Crippen LogP) is 0.360. The van der Waals surface area contributed by atoms with Gasteiger partial charge in [0.1, 0.15) is 0 Å². The van der Waals surface area contributed by atoms with Gasteiger partial charge < -0.3 is 10.6 Å². The van der Waals surface area contributed by atoms with Crippen molar-refractivity contribution in [3.63, 3.8) is 0 Å². The van der Waals surface area contributed by atoms with Gasteiger partial charge in [-0.1, -0.05) is 0 Å². The first kappa shape index (κ1) is 10.4. The van der Waals surface area contributed by atoms with Crippen molar-refractivity contribution >= 4 is 0 Å². The van der Waals surface area contributed by atoms with Crippen LogP contribution < -0.4 is 5.73 Å². The molecule has 1 aliphatic carbocycles. The fourth-order valence-electron chi connectivity index (χ4n) is 2.50. The Morgan fingerprint density at radius 1 is 1.36 bits per heavy atom. The number of nitrogens with zero attached hydrogens (tertiary/aromatic N) is 2. The van der Waals surface area contributed by atoms with E-state index in [2.05, 4.69) is 23.8 Å². The van der Waals surface area contributed by atoms with Gasteiger partial charge in [0.2, 0.25) is 0 Å². The lowest BCUT2D eigenvalue weighted by molar-refractivity contribution is 0.0667. The third-order valence-electron chi connectivity index (χ3n) is 3.87. The second kappa shape index (κ2) is 4.17. The maximum Gasteiger partial charge on any atom is 0.0247 e. The monoisotopic (exact) mass is 197 g/mol. The standard InChI is InChI=1S/C11H23N3/c1-9-8-14(6-5-13(9)2)11(7-12)10-3-4-10/h9-11H,3-8,12H2,1-2H3. The highest BCUT2D eigenvalue weighted by molar-refractivity contribution is 4.91. The quantitative estimate of drug-likeness (QED) is 0.709. The van der Waals surface area contributed by atoms with E-state index in [0.29, 0.717) is 12.1 Å². The van der Waals surface area contributed by atoms with E-state index in [1.807, 2.05) is 0 Å². The molecule has 2 fully saturated rings. The van der Waals surface area contributed by atoms with E-state index in [1.165, 1.54) is 32.5 Å². The van der Waals surface area contributed by atoms with Crippen molar-refractivity contribution in [3.05, 3.63) is 0 Å². The zero-order valence-corrected chi connectivity index (χ0v) is 9.45. The first-order chi connectivity index (χ1) is 6.72. The van der Waals surface area contributed by atoms with Gasteiger partial charge in [-0.25, -0.2) is 0 Å². The normalized spacial score (nSPS) is 33.2. The molecule has 0 spiro atoms. The molecule has 0 bridgehead atoms. The molecule has 1 heterocycles. The van der Waals surface area contributed by atoms with Crippen LogP contribution in [0.4, 0.5) is 0 Å². The van der Waals surface area contributed by atoms with Gasteiger partial charge in [-0.15, -0.1) is 0 Å². The van der Waals surface area contributed by atoms with Crippen LogP contribution in [0.2, 0.25) is 0 Å². The van der Waals surface area contributed by atoms with Crippen LogP contribution in [-0.2, 0) is 0 Å². The fourth-order valence-corrected chi connectivity index (χ4v) is 2.50. The molecule has 2 unspecified atom stereocenters. The third kappa shape index (κ3) is 2.10. The first-order valence-electron chi connectivity index (χ1n) is 5.86. The maximum atomic E-state index is 5.87. The van der Waals surface area contributed by atoms with Crippen molar-refractivity contribution < 1.29 is 0 Å². The van der Waals surface area contributed by atoms with E-state index in [0.717, 1.165) is 12.5 Å². The number of rotatable bonds is 3. The van der Waals surface area contributed by atoms with Crippen LogP contribution in [0.15, 0.2) is 0 Å². The zero-order valence-electron chi connectivity index (χ0n) is 9.45. The van der Waals surface area contributed by atoms with Gasteiger partial charge in [-0.05, 0) is 32.7 Å². The van der Waals surface area contributed by atoms with E-state index < -0.39 is 0 Å². The summed E-state index contributed by atoms with van der Waals surface area (Å²) in [4.78, 5) is 5.05. The Morgan fingerprint density at radius 2 is 2.07 bits per heavy atom. The average molecular weight is 197 g/mol. The van der Waals surface area contributed by atoms with Crippen molar-refractivity contribution in [2.45, 2.75) is 31.8 Å². The lowest BCUT2D eigenvalue weighted by Crippen LogP contribution is -2.55. The minimum Gasteiger partial charge on any atom is -0.329 e. The molecule has 0 aromatic carbocycles. The van der Waals surface area contributed by atoms with Crippen molar-refractivity contribution in [3.8, 4) is 0 Å². The van der Waals surface area contributed by atoms with Gasteiger partial charge in [0, 0.05) is 38.3 Å². The van der Waals surface area contributed by atoms with Crippen LogP contribution in [0, 0.1) is 5.92 Å². The third-order valence-corrected chi connectivity index (χ3v) is 3.87. The smallest absolute Gasteiger partial charge is 0.0247 e. The van der Waals surface area contributed by atoms with E-state index in [-0.39, 0.29) is 0 Å². The van der Waals surface area contributed by atoms with Gasteiger partial charge in [0.15, 0.2) is 0 Å². The van der Waals surface area contributed by atoms with Crippen molar-refractivity contribution in [1.29, 1.82) is 0 Å². The van der Waals surface area contributed by atoms with Gasteiger partial charge in [-0.3, -0.25) is 4.90 Å². The SMILES string of the molecule is CC1CN(C(CN)C2CC2)CCN1C. The summed E-state index contributed by atoms with van der Waals surface area (Å²) in [6.07, 6.45) is 2.81. The summed E-state index contributed by atoms with van der Waals surface area (Å²) in [7, 11) is 2.22. The maximum absolute atomic E-state index is 5.87. The Hall–Kier alpha value is -0.120. The van der Waals surface area contributed by atoms with Gasteiger partial charge in [0.25, 0.3) is 0 Å². The van der Waals surface area contributed by atoms with Crippen LogP contribution >= 0.6 is 0 Å². The lowest BCUT2D eigenvalue weighted by atomic mass is 10.1. The van der Waals surface area contributed by atoms with E-state index in [1.54, 1.807) is 0 Å². The summed E-state index contributed by atoms with van der Waals surface area (Å²) in [6, 6.07) is 1.36.